The maximum atomic E-state index is 13.3. The van der Waals surface area contributed by atoms with Crippen LogP contribution in [0.5, 0.6) is 5.88 Å². The highest BCUT2D eigenvalue weighted by Crippen LogP contribution is 2.39. The molecule has 32 heavy (non-hydrogen) atoms. The van der Waals surface area contributed by atoms with Crippen LogP contribution in [0, 0.1) is 11.8 Å². The fraction of sp³-hybridized carbons (Fsp3) is 0.458. The average molecular weight is 496 g/mol. The van der Waals surface area contributed by atoms with Gasteiger partial charge in [0.05, 0.1) is 15.1 Å². The molecule has 8 heteroatoms. The van der Waals surface area contributed by atoms with Gasteiger partial charge in [0.25, 0.3) is 0 Å². The first-order valence-corrected chi connectivity index (χ1v) is 12.0. The molecule has 2 aliphatic rings. The Labute approximate surface area is 203 Å². The van der Waals surface area contributed by atoms with Gasteiger partial charge in [0.1, 0.15) is 11.9 Å². The molecular formula is C24H25Cl3N2O3. The SMILES string of the molecule is C[C@H](Oc1ccc(Cl)cn1)[C@H]1CN(C(=O)C2CCC(=O)CC2)C[C@@H]1c1ccc(Cl)c(Cl)c1. The van der Waals surface area contributed by atoms with Gasteiger partial charge in [0.2, 0.25) is 11.8 Å². The smallest absolute Gasteiger partial charge is 0.225 e. The van der Waals surface area contributed by atoms with E-state index in [1.807, 2.05) is 24.0 Å². The zero-order chi connectivity index (χ0) is 22.8. The van der Waals surface area contributed by atoms with E-state index in [-0.39, 0.29) is 35.5 Å². The first kappa shape index (κ1) is 23.3. The summed E-state index contributed by atoms with van der Waals surface area (Å²) < 4.78 is 6.14. The molecule has 2 fully saturated rings. The third-order valence-corrected chi connectivity index (χ3v) is 7.51. The van der Waals surface area contributed by atoms with Crippen molar-refractivity contribution in [2.75, 3.05) is 13.1 Å². The highest BCUT2D eigenvalue weighted by molar-refractivity contribution is 6.42. The standard InChI is InChI=1S/C24H25Cl3N2O3/c1-14(32-23-9-5-17(25)11-28-23)19-12-29(24(31)15-2-6-18(30)7-3-15)13-20(19)16-4-8-21(26)22(27)10-16/h4-5,8-11,14-15,19-20H,2-3,6-7,12-13H2,1H3/t14-,19+,20+/m0/s1. The zero-order valence-corrected chi connectivity index (χ0v) is 20.0. The minimum atomic E-state index is -0.200. The van der Waals surface area contributed by atoms with Crippen molar-refractivity contribution in [2.45, 2.75) is 44.6 Å². The number of rotatable bonds is 5. The number of halogens is 3. The lowest BCUT2D eigenvalue weighted by atomic mass is 9.86. The van der Waals surface area contributed by atoms with Crippen LogP contribution in [0.25, 0.3) is 0 Å². The van der Waals surface area contributed by atoms with Crippen molar-refractivity contribution in [2.24, 2.45) is 11.8 Å². The van der Waals surface area contributed by atoms with Gasteiger partial charge >= 0.3 is 0 Å². The number of ketones is 1. The molecule has 0 bridgehead atoms. The Morgan fingerprint density at radius 2 is 1.84 bits per heavy atom. The molecule has 1 saturated heterocycles. The first-order valence-electron chi connectivity index (χ1n) is 10.9. The van der Waals surface area contributed by atoms with Gasteiger partial charge in [0.15, 0.2) is 0 Å². The number of ether oxygens (including phenoxy) is 1. The molecule has 1 aliphatic carbocycles. The quantitative estimate of drug-likeness (QED) is 0.525. The lowest BCUT2D eigenvalue weighted by Crippen LogP contribution is -2.37. The molecule has 170 valence electrons. The molecule has 5 nitrogen and oxygen atoms in total. The lowest BCUT2D eigenvalue weighted by Gasteiger charge is -2.26. The van der Waals surface area contributed by atoms with E-state index in [2.05, 4.69) is 4.98 Å². The predicted molar refractivity (Wildman–Crippen MR) is 126 cm³/mol. The molecule has 4 rings (SSSR count). The molecule has 3 atom stereocenters. The summed E-state index contributed by atoms with van der Waals surface area (Å²) in [6.07, 6.45) is 3.61. The van der Waals surface area contributed by atoms with Crippen molar-refractivity contribution < 1.29 is 14.3 Å². The number of pyridine rings is 1. The topological polar surface area (TPSA) is 59.5 Å². The van der Waals surface area contributed by atoms with Crippen molar-refractivity contribution in [3.63, 3.8) is 0 Å². The van der Waals surface area contributed by atoms with E-state index < -0.39 is 0 Å². The minimum Gasteiger partial charge on any atom is -0.474 e. The maximum Gasteiger partial charge on any atom is 0.225 e. The Bertz CT molecular complexity index is 988. The van der Waals surface area contributed by atoms with Crippen LogP contribution in [0.1, 0.15) is 44.1 Å². The van der Waals surface area contributed by atoms with Crippen LogP contribution in [-0.2, 0) is 9.59 Å². The molecule has 1 saturated carbocycles. The second-order valence-electron chi connectivity index (χ2n) is 8.64. The Kier molecular flexibility index (Phi) is 7.28. The number of hydrogen-bond donors (Lipinski definition) is 0. The predicted octanol–water partition coefficient (Wildman–Crippen LogP) is 5.81. The average Bonchev–Trinajstić information content (AvgIpc) is 3.23. The molecule has 0 radical (unpaired) electrons. The largest absolute Gasteiger partial charge is 0.474 e. The number of benzene rings is 1. The molecular weight excluding hydrogens is 471 g/mol. The third kappa shape index (κ3) is 5.22. The fourth-order valence-electron chi connectivity index (χ4n) is 4.73. The minimum absolute atomic E-state index is 0.0406. The summed E-state index contributed by atoms with van der Waals surface area (Å²) >= 11 is 18.4. The first-order chi connectivity index (χ1) is 15.3. The molecule has 1 aromatic carbocycles. The Hall–Kier alpha value is -1.82. The van der Waals surface area contributed by atoms with Crippen molar-refractivity contribution in [3.05, 3.63) is 57.2 Å². The van der Waals surface area contributed by atoms with Crippen molar-refractivity contribution >= 4 is 46.5 Å². The van der Waals surface area contributed by atoms with Crippen molar-refractivity contribution in [3.8, 4) is 5.88 Å². The molecule has 2 aromatic rings. The van der Waals surface area contributed by atoms with Gasteiger partial charge in [-0.1, -0.05) is 40.9 Å². The Morgan fingerprint density at radius 3 is 2.50 bits per heavy atom. The van der Waals surface area contributed by atoms with Crippen LogP contribution < -0.4 is 4.74 Å². The van der Waals surface area contributed by atoms with Crippen LogP contribution in [0.2, 0.25) is 15.1 Å². The van der Waals surface area contributed by atoms with Crippen LogP contribution in [0.15, 0.2) is 36.5 Å². The number of carbonyl (C=O) groups excluding carboxylic acids is 2. The van der Waals surface area contributed by atoms with E-state index in [1.165, 1.54) is 0 Å². The second kappa shape index (κ2) is 9.98. The molecule has 1 aliphatic heterocycles. The number of carbonyl (C=O) groups is 2. The van der Waals surface area contributed by atoms with E-state index in [0.717, 1.165) is 5.56 Å². The van der Waals surface area contributed by atoms with Gasteiger partial charge < -0.3 is 9.64 Å². The zero-order valence-electron chi connectivity index (χ0n) is 17.8. The van der Waals surface area contributed by atoms with Crippen LogP contribution in [-0.4, -0.2) is 40.8 Å². The summed E-state index contributed by atoms with van der Waals surface area (Å²) in [5.41, 5.74) is 1.03. The number of aromatic nitrogens is 1. The van der Waals surface area contributed by atoms with E-state index in [9.17, 15) is 9.59 Å². The number of likely N-dealkylation sites (tertiary alicyclic amines) is 1. The van der Waals surface area contributed by atoms with Gasteiger partial charge in [-0.15, -0.1) is 0 Å². The third-order valence-electron chi connectivity index (χ3n) is 6.55. The Balaban J connectivity index is 1.55. The number of hydrogen-bond acceptors (Lipinski definition) is 4. The molecule has 0 unspecified atom stereocenters. The lowest BCUT2D eigenvalue weighted by molar-refractivity contribution is -0.136. The van der Waals surface area contributed by atoms with Gasteiger partial charge in [-0.25, -0.2) is 4.98 Å². The van der Waals surface area contributed by atoms with E-state index in [1.54, 1.807) is 24.4 Å². The summed E-state index contributed by atoms with van der Waals surface area (Å²) in [7, 11) is 0. The van der Waals surface area contributed by atoms with Crippen LogP contribution >= 0.6 is 34.8 Å². The number of amides is 1. The van der Waals surface area contributed by atoms with Gasteiger partial charge in [0, 0.05) is 55.9 Å². The summed E-state index contributed by atoms with van der Waals surface area (Å²) in [5.74, 6) is 0.863. The van der Waals surface area contributed by atoms with Gasteiger partial charge in [-0.2, -0.15) is 0 Å². The van der Waals surface area contributed by atoms with E-state index in [0.29, 0.717) is 59.7 Å². The summed E-state index contributed by atoms with van der Waals surface area (Å²) in [6, 6.07) is 9.11. The van der Waals surface area contributed by atoms with Gasteiger partial charge in [-0.3, -0.25) is 9.59 Å². The summed E-state index contributed by atoms with van der Waals surface area (Å²) in [5, 5.41) is 1.54. The number of Topliss-reactive ketones (excluding diaryl/α,β-unsaturated/α-hetero) is 1. The Morgan fingerprint density at radius 1 is 1.09 bits per heavy atom. The molecule has 1 amide bonds. The van der Waals surface area contributed by atoms with E-state index >= 15 is 0 Å². The van der Waals surface area contributed by atoms with Crippen LogP contribution in [0.4, 0.5) is 0 Å². The summed E-state index contributed by atoms with van der Waals surface area (Å²) in [4.78, 5) is 31.0. The number of nitrogens with zero attached hydrogens (tertiary/aromatic N) is 2. The second-order valence-corrected chi connectivity index (χ2v) is 9.89. The van der Waals surface area contributed by atoms with Gasteiger partial charge in [-0.05, 0) is 43.5 Å². The monoisotopic (exact) mass is 494 g/mol. The molecule has 2 heterocycles. The maximum absolute atomic E-state index is 13.3. The van der Waals surface area contributed by atoms with E-state index in [4.69, 9.17) is 39.5 Å². The molecule has 0 N–H and O–H groups in total. The fourth-order valence-corrected chi connectivity index (χ4v) is 5.15. The molecule has 1 aromatic heterocycles. The highest BCUT2D eigenvalue weighted by atomic mass is 35.5. The summed E-state index contributed by atoms with van der Waals surface area (Å²) in [6.45, 7) is 3.15. The van der Waals surface area contributed by atoms with Crippen molar-refractivity contribution in [1.29, 1.82) is 0 Å². The van der Waals surface area contributed by atoms with Crippen molar-refractivity contribution in [1.82, 2.24) is 9.88 Å². The molecule has 0 spiro atoms. The highest BCUT2D eigenvalue weighted by Gasteiger charge is 2.42. The van der Waals surface area contributed by atoms with Crippen LogP contribution in [0.3, 0.4) is 0 Å². The normalized spacial score (nSPS) is 22.8.